The van der Waals surface area contributed by atoms with Crippen molar-refractivity contribution < 1.29 is 14.3 Å². The second-order valence-corrected chi connectivity index (χ2v) is 6.46. The molecule has 0 aliphatic heterocycles. The number of nitrogens with one attached hydrogen (secondary N) is 2. The molecule has 0 aliphatic rings. The molecule has 2 aromatic carbocycles. The van der Waals surface area contributed by atoms with Crippen molar-refractivity contribution in [2.24, 2.45) is 0 Å². The lowest BCUT2D eigenvalue weighted by Gasteiger charge is -2.19. The number of anilines is 2. The number of hydrogen-bond donors (Lipinski definition) is 2. The summed E-state index contributed by atoms with van der Waals surface area (Å²) in [6.45, 7) is 2.15. The van der Waals surface area contributed by atoms with Gasteiger partial charge in [0, 0.05) is 28.5 Å². The zero-order valence-corrected chi connectivity index (χ0v) is 15.9. The molecule has 0 spiro atoms. The molecule has 0 unspecified atom stereocenters. The quantitative estimate of drug-likeness (QED) is 0.746. The Hall–Kier alpha value is -2.44. The molecule has 0 bridgehead atoms. The summed E-state index contributed by atoms with van der Waals surface area (Å²) < 4.78 is 5.06. The highest BCUT2D eigenvalue weighted by atomic mass is 35.5. The Morgan fingerprint density at radius 1 is 1.08 bits per heavy atom. The van der Waals surface area contributed by atoms with E-state index in [1.165, 1.54) is 4.90 Å². The number of nitrogens with zero attached hydrogens (tertiary/aromatic N) is 1. The number of urea groups is 1. The van der Waals surface area contributed by atoms with Gasteiger partial charge in [0.2, 0.25) is 0 Å². The van der Waals surface area contributed by atoms with Crippen LogP contribution in [0.5, 0.6) is 0 Å². The van der Waals surface area contributed by atoms with Gasteiger partial charge in [0.15, 0.2) is 0 Å². The number of ether oxygens (including phenoxy) is 1. The summed E-state index contributed by atoms with van der Waals surface area (Å²) in [6, 6.07) is 11.6. The SMILES string of the molecule is Cc1ccc(Cl)cc1NC(=O)N(C)CCOC(=O)Nc1cccc(Cl)c1. The number of rotatable bonds is 5. The van der Waals surface area contributed by atoms with E-state index in [9.17, 15) is 9.59 Å². The fourth-order valence-electron chi connectivity index (χ4n) is 2.04. The smallest absolute Gasteiger partial charge is 0.411 e. The van der Waals surface area contributed by atoms with Crippen LogP contribution in [0.2, 0.25) is 10.0 Å². The molecular weight excluding hydrogens is 377 g/mol. The normalized spacial score (nSPS) is 10.2. The lowest BCUT2D eigenvalue weighted by atomic mass is 10.2. The predicted octanol–water partition coefficient (Wildman–Crippen LogP) is 5.01. The van der Waals surface area contributed by atoms with Crippen LogP contribution in [0.1, 0.15) is 5.56 Å². The Balaban J connectivity index is 1.77. The van der Waals surface area contributed by atoms with E-state index in [2.05, 4.69) is 10.6 Å². The van der Waals surface area contributed by atoms with E-state index in [1.54, 1.807) is 43.4 Å². The number of aryl methyl sites for hydroxylation is 1. The van der Waals surface area contributed by atoms with Crippen LogP contribution in [0.4, 0.5) is 21.0 Å². The molecule has 2 rings (SSSR count). The highest BCUT2D eigenvalue weighted by Gasteiger charge is 2.11. The molecule has 0 radical (unpaired) electrons. The van der Waals surface area contributed by atoms with E-state index in [-0.39, 0.29) is 19.2 Å². The standard InChI is InChI=1S/C18H19Cl2N3O3/c1-12-6-7-14(20)11-16(12)22-17(24)23(2)8-9-26-18(25)21-15-5-3-4-13(19)10-15/h3-7,10-11H,8-9H2,1-2H3,(H,21,25)(H,22,24). The molecule has 3 amide bonds. The van der Waals surface area contributed by atoms with Gasteiger partial charge in [-0.05, 0) is 42.8 Å². The highest BCUT2D eigenvalue weighted by molar-refractivity contribution is 6.31. The summed E-state index contributed by atoms with van der Waals surface area (Å²) in [4.78, 5) is 25.3. The Morgan fingerprint density at radius 3 is 2.54 bits per heavy atom. The zero-order chi connectivity index (χ0) is 19.1. The number of likely N-dealkylation sites (N-methyl/N-ethyl adjacent to an activating group) is 1. The van der Waals surface area contributed by atoms with Gasteiger partial charge in [-0.3, -0.25) is 5.32 Å². The van der Waals surface area contributed by atoms with Crippen molar-refractivity contribution in [1.29, 1.82) is 0 Å². The molecule has 0 atom stereocenters. The minimum atomic E-state index is -0.619. The molecule has 26 heavy (non-hydrogen) atoms. The summed E-state index contributed by atoms with van der Waals surface area (Å²) in [6.07, 6.45) is -0.619. The van der Waals surface area contributed by atoms with Crippen LogP contribution in [0.25, 0.3) is 0 Å². The Labute approximate surface area is 162 Å². The molecule has 2 aromatic rings. The minimum Gasteiger partial charge on any atom is -0.447 e. The van der Waals surface area contributed by atoms with E-state index >= 15 is 0 Å². The average Bonchev–Trinajstić information content (AvgIpc) is 2.58. The molecule has 6 nitrogen and oxygen atoms in total. The van der Waals surface area contributed by atoms with Gasteiger partial charge < -0.3 is 15.0 Å². The lowest BCUT2D eigenvalue weighted by molar-refractivity contribution is 0.149. The third-order valence-corrected chi connectivity index (χ3v) is 3.99. The van der Waals surface area contributed by atoms with Gasteiger partial charge in [0.05, 0.1) is 6.54 Å². The predicted molar refractivity (Wildman–Crippen MR) is 104 cm³/mol. The van der Waals surface area contributed by atoms with Crippen LogP contribution >= 0.6 is 23.2 Å². The topological polar surface area (TPSA) is 70.7 Å². The van der Waals surface area contributed by atoms with Gasteiger partial charge in [-0.2, -0.15) is 0 Å². The zero-order valence-electron chi connectivity index (χ0n) is 14.4. The largest absolute Gasteiger partial charge is 0.447 e. The molecule has 2 N–H and O–H groups in total. The molecule has 8 heteroatoms. The summed E-state index contributed by atoms with van der Waals surface area (Å²) in [5.41, 5.74) is 2.06. The van der Waals surface area contributed by atoms with Gasteiger partial charge in [0.25, 0.3) is 0 Å². The molecule has 138 valence electrons. The van der Waals surface area contributed by atoms with Crippen LogP contribution in [-0.2, 0) is 4.74 Å². The monoisotopic (exact) mass is 395 g/mol. The van der Waals surface area contributed by atoms with E-state index in [0.29, 0.717) is 21.4 Å². The lowest BCUT2D eigenvalue weighted by Crippen LogP contribution is -2.34. The van der Waals surface area contributed by atoms with Crippen molar-refractivity contribution >= 4 is 46.7 Å². The van der Waals surface area contributed by atoms with Crippen LogP contribution in [0.15, 0.2) is 42.5 Å². The van der Waals surface area contributed by atoms with Crippen LogP contribution in [0, 0.1) is 6.92 Å². The maximum absolute atomic E-state index is 12.2. The van der Waals surface area contributed by atoms with E-state index in [0.717, 1.165) is 5.56 Å². The summed E-state index contributed by atoms with van der Waals surface area (Å²) in [5, 5.41) is 6.37. The van der Waals surface area contributed by atoms with Crippen LogP contribution in [-0.4, -0.2) is 37.2 Å². The van der Waals surface area contributed by atoms with E-state index < -0.39 is 6.09 Å². The van der Waals surface area contributed by atoms with Crippen molar-refractivity contribution in [2.75, 3.05) is 30.8 Å². The molecule has 0 heterocycles. The second-order valence-electron chi connectivity index (χ2n) is 5.58. The molecule has 0 fully saturated rings. The molecule has 0 saturated carbocycles. The first kappa shape index (κ1) is 19.9. The summed E-state index contributed by atoms with van der Waals surface area (Å²) in [5.74, 6) is 0. The maximum Gasteiger partial charge on any atom is 0.411 e. The van der Waals surface area contributed by atoms with Crippen molar-refractivity contribution in [2.45, 2.75) is 6.92 Å². The Morgan fingerprint density at radius 2 is 1.81 bits per heavy atom. The van der Waals surface area contributed by atoms with Gasteiger partial charge in [-0.15, -0.1) is 0 Å². The van der Waals surface area contributed by atoms with Crippen molar-refractivity contribution in [3.8, 4) is 0 Å². The third kappa shape index (κ3) is 6.13. The van der Waals surface area contributed by atoms with Crippen molar-refractivity contribution in [1.82, 2.24) is 4.90 Å². The van der Waals surface area contributed by atoms with Gasteiger partial charge in [-0.25, -0.2) is 9.59 Å². The summed E-state index contributed by atoms with van der Waals surface area (Å²) in [7, 11) is 1.60. The first-order chi connectivity index (χ1) is 12.3. The van der Waals surface area contributed by atoms with Crippen molar-refractivity contribution in [3.05, 3.63) is 58.1 Å². The Bertz CT molecular complexity index is 799. The van der Waals surface area contributed by atoms with Gasteiger partial charge in [0.1, 0.15) is 6.61 Å². The van der Waals surface area contributed by atoms with Crippen LogP contribution in [0.3, 0.4) is 0 Å². The van der Waals surface area contributed by atoms with Gasteiger partial charge in [-0.1, -0.05) is 35.3 Å². The Kier molecular flexibility index (Phi) is 7.12. The van der Waals surface area contributed by atoms with E-state index in [1.807, 2.05) is 13.0 Å². The van der Waals surface area contributed by atoms with Crippen molar-refractivity contribution in [3.63, 3.8) is 0 Å². The number of amides is 3. The molecule has 0 aromatic heterocycles. The average molecular weight is 396 g/mol. The van der Waals surface area contributed by atoms with E-state index in [4.69, 9.17) is 27.9 Å². The number of carbonyl (C=O) groups is 2. The second kappa shape index (κ2) is 9.31. The third-order valence-electron chi connectivity index (χ3n) is 3.52. The molecular formula is C18H19Cl2N3O3. The number of hydrogen-bond acceptors (Lipinski definition) is 3. The number of carbonyl (C=O) groups excluding carboxylic acids is 2. The number of halogens is 2. The maximum atomic E-state index is 12.2. The molecule has 0 saturated heterocycles. The first-order valence-electron chi connectivity index (χ1n) is 7.83. The van der Waals surface area contributed by atoms with Gasteiger partial charge >= 0.3 is 12.1 Å². The fraction of sp³-hybridized carbons (Fsp3) is 0.222. The fourth-order valence-corrected chi connectivity index (χ4v) is 2.40. The highest BCUT2D eigenvalue weighted by Crippen LogP contribution is 2.20. The number of benzene rings is 2. The minimum absolute atomic E-state index is 0.0465. The first-order valence-corrected chi connectivity index (χ1v) is 8.58. The summed E-state index contributed by atoms with van der Waals surface area (Å²) >= 11 is 11.8. The molecule has 0 aliphatic carbocycles. The van der Waals surface area contributed by atoms with Crippen LogP contribution < -0.4 is 10.6 Å².